The number of aromatic nitrogens is 4. The minimum absolute atomic E-state index is 0.0649. The average Bonchev–Trinajstić information content (AvgIpc) is 3.19. The molecular weight excluding hydrogens is 464 g/mol. The molecule has 5 rings (SSSR count). The maximum Gasteiger partial charge on any atom is 0.224 e. The summed E-state index contributed by atoms with van der Waals surface area (Å²) < 4.78 is 30.0. The molecule has 2 aromatic heterocycles. The van der Waals surface area contributed by atoms with Crippen LogP contribution in [0, 0.1) is 17.6 Å². The molecule has 1 aromatic carbocycles. The number of rotatable bonds is 6. The third-order valence-electron chi connectivity index (χ3n) is 7.78. The van der Waals surface area contributed by atoms with Gasteiger partial charge in [-0.2, -0.15) is 4.98 Å². The fourth-order valence-corrected chi connectivity index (χ4v) is 5.59. The second-order valence-electron chi connectivity index (χ2n) is 10.9. The number of hydrogen-bond donors (Lipinski definition) is 4. The Balaban J connectivity index is 1.48. The molecule has 2 heterocycles. The van der Waals surface area contributed by atoms with E-state index in [1.165, 1.54) is 12.1 Å². The lowest BCUT2D eigenvalue weighted by Gasteiger charge is -2.36. The summed E-state index contributed by atoms with van der Waals surface area (Å²) in [6.07, 6.45) is 8.94. The van der Waals surface area contributed by atoms with E-state index in [1.54, 1.807) is 6.20 Å². The molecule has 3 aromatic rings. The molecule has 2 saturated carbocycles. The molecule has 0 bridgehead atoms. The van der Waals surface area contributed by atoms with E-state index < -0.39 is 17.2 Å². The van der Waals surface area contributed by atoms with Crippen LogP contribution in [0.5, 0.6) is 0 Å². The zero-order chi connectivity index (χ0) is 25.4. The monoisotopic (exact) mass is 499 g/mol. The smallest absolute Gasteiger partial charge is 0.224 e. The molecule has 0 amide bonds. The maximum absolute atomic E-state index is 14.5. The molecule has 2 aliphatic rings. The van der Waals surface area contributed by atoms with Gasteiger partial charge in [-0.25, -0.2) is 18.7 Å². The number of fused-ring (bicyclic) bond motifs is 1. The van der Waals surface area contributed by atoms with Gasteiger partial charge in [-0.05, 0) is 83.3 Å². The number of anilines is 3. The summed E-state index contributed by atoms with van der Waals surface area (Å²) in [5.74, 6) is -0.143. The van der Waals surface area contributed by atoms with Crippen LogP contribution in [0.2, 0.25) is 0 Å². The fraction of sp³-hybridized carbons (Fsp3) is 0.577. The minimum Gasteiger partial charge on any atom is -0.390 e. The molecule has 36 heavy (non-hydrogen) atoms. The molecule has 194 valence electrons. The normalized spacial score (nSPS) is 25.2. The highest BCUT2D eigenvalue weighted by atomic mass is 19.1. The average molecular weight is 500 g/mol. The van der Waals surface area contributed by atoms with Gasteiger partial charge in [-0.15, -0.1) is 0 Å². The lowest BCUT2D eigenvalue weighted by atomic mass is 9.77. The number of nitrogens with one attached hydrogen (secondary N) is 2. The second-order valence-corrected chi connectivity index (χ2v) is 10.9. The van der Waals surface area contributed by atoms with Gasteiger partial charge in [0.15, 0.2) is 5.65 Å². The van der Waals surface area contributed by atoms with Gasteiger partial charge in [0.05, 0.1) is 17.5 Å². The number of imidazole rings is 1. The number of aliphatic hydroxyl groups is 1. The topological polar surface area (TPSA) is 114 Å². The van der Waals surface area contributed by atoms with E-state index in [0.29, 0.717) is 23.1 Å². The quantitative estimate of drug-likeness (QED) is 0.376. The van der Waals surface area contributed by atoms with Crippen molar-refractivity contribution in [3.63, 3.8) is 0 Å². The first-order valence-corrected chi connectivity index (χ1v) is 12.9. The summed E-state index contributed by atoms with van der Waals surface area (Å²) in [4.78, 5) is 14.0. The highest BCUT2D eigenvalue weighted by Crippen LogP contribution is 2.40. The first-order valence-electron chi connectivity index (χ1n) is 12.9. The van der Waals surface area contributed by atoms with Crippen molar-refractivity contribution in [3.8, 4) is 0 Å². The zero-order valence-corrected chi connectivity index (χ0v) is 20.8. The number of halogens is 2. The first-order chi connectivity index (χ1) is 17.2. The van der Waals surface area contributed by atoms with Gasteiger partial charge in [0, 0.05) is 24.2 Å². The molecule has 2 aliphatic carbocycles. The first kappa shape index (κ1) is 24.8. The molecule has 5 N–H and O–H groups in total. The standard InChI is InChI=1S/C26H35F2N7O/c1-26(2,36)15-3-10-19(11-4-15)35-23-22(33-25(35)32-21-12-5-16(27)13-20(21)28)14-30-24(34-23)31-18-8-6-17(29)7-9-18/h5,12-15,17-19,36H,3-4,6-11,29H2,1-2H3,(H,32,33)(H,30,31,34)/t15?,17-,18-,19?. The van der Waals surface area contributed by atoms with Gasteiger partial charge in [-0.1, -0.05) is 0 Å². The molecule has 0 unspecified atom stereocenters. The van der Waals surface area contributed by atoms with Gasteiger partial charge in [-0.3, -0.25) is 4.57 Å². The predicted octanol–water partition coefficient (Wildman–Crippen LogP) is 5.03. The predicted molar refractivity (Wildman–Crippen MR) is 136 cm³/mol. The van der Waals surface area contributed by atoms with Crippen LogP contribution in [-0.2, 0) is 0 Å². The van der Waals surface area contributed by atoms with Crippen LogP contribution in [-0.4, -0.2) is 42.3 Å². The Bertz CT molecular complexity index is 1210. The highest BCUT2D eigenvalue weighted by molar-refractivity contribution is 5.76. The van der Waals surface area contributed by atoms with E-state index in [2.05, 4.69) is 20.6 Å². The summed E-state index contributed by atoms with van der Waals surface area (Å²) in [7, 11) is 0. The zero-order valence-electron chi connectivity index (χ0n) is 20.8. The Labute approximate surface area is 209 Å². The van der Waals surface area contributed by atoms with Crippen molar-refractivity contribution < 1.29 is 13.9 Å². The Morgan fingerprint density at radius 3 is 2.42 bits per heavy atom. The molecular formula is C26H35F2N7O. The summed E-state index contributed by atoms with van der Waals surface area (Å²) in [5.41, 5.74) is 6.72. The molecule has 10 heteroatoms. The largest absolute Gasteiger partial charge is 0.390 e. The van der Waals surface area contributed by atoms with E-state index in [-0.39, 0.29) is 29.7 Å². The summed E-state index contributed by atoms with van der Waals surface area (Å²) >= 11 is 0. The fourth-order valence-electron chi connectivity index (χ4n) is 5.59. The Hall–Kier alpha value is -2.85. The van der Waals surface area contributed by atoms with Crippen LogP contribution < -0.4 is 16.4 Å². The van der Waals surface area contributed by atoms with Crippen LogP contribution in [0.1, 0.15) is 71.3 Å². The lowest BCUT2D eigenvalue weighted by molar-refractivity contribution is -0.00457. The molecule has 0 saturated heterocycles. The number of nitrogens with two attached hydrogens (primary N) is 1. The molecule has 8 nitrogen and oxygen atoms in total. The Kier molecular flexibility index (Phi) is 6.82. The van der Waals surface area contributed by atoms with E-state index in [1.807, 2.05) is 18.4 Å². The molecule has 2 fully saturated rings. The summed E-state index contributed by atoms with van der Waals surface area (Å²) in [5, 5.41) is 17.0. The third-order valence-corrected chi connectivity index (χ3v) is 7.78. The lowest BCUT2D eigenvalue weighted by Crippen LogP contribution is -2.34. The van der Waals surface area contributed by atoms with Gasteiger partial charge in [0.2, 0.25) is 11.9 Å². The molecule has 0 aliphatic heterocycles. The van der Waals surface area contributed by atoms with E-state index >= 15 is 0 Å². The molecule has 0 radical (unpaired) electrons. The van der Waals surface area contributed by atoms with Crippen molar-refractivity contribution in [1.82, 2.24) is 19.5 Å². The number of benzene rings is 1. The van der Waals surface area contributed by atoms with Crippen LogP contribution in [0.15, 0.2) is 24.4 Å². The minimum atomic E-state index is -0.734. The summed E-state index contributed by atoms with van der Waals surface area (Å²) in [6.45, 7) is 3.72. The van der Waals surface area contributed by atoms with Gasteiger partial charge in [0.1, 0.15) is 17.2 Å². The highest BCUT2D eigenvalue weighted by Gasteiger charge is 2.33. The van der Waals surface area contributed by atoms with Crippen molar-refractivity contribution in [2.24, 2.45) is 11.7 Å². The summed E-state index contributed by atoms with van der Waals surface area (Å²) in [6, 6.07) is 4.02. The van der Waals surface area contributed by atoms with Crippen molar-refractivity contribution >= 4 is 28.7 Å². The molecule has 0 atom stereocenters. The van der Waals surface area contributed by atoms with Crippen LogP contribution >= 0.6 is 0 Å². The van der Waals surface area contributed by atoms with Crippen molar-refractivity contribution in [1.29, 1.82) is 0 Å². The van der Waals surface area contributed by atoms with Gasteiger partial charge >= 0.3 is 0 Å². The second kappa shape index (κ2) is 9.89. The van der Waals surface area contributed by atoms with Crippen LogP contribution in [0.4, 0.5) is 26.4 Å². The Morgan fingerprint density at radius 2 is 1.75 bits per heavy atom. The third kappa shape index (κ3) is 5.29. The van der Waals surface area contributed by atoms with E-state index in [0.717, 1.165) is 57.4 Å². The van der Waals surface area contributed by atoms with Gasteiger partial charge < -0.3 is 21.5 Å². The number of hydrogen-bond acceptors (Lipinski definition) is 7. The molecule has 0 spiro atoms. The van der Waals surface area contributed by atoms with Crippen molar-refractivity contribution in [2.45, 2.75) is 88.9 Å². The SMILES string of the molecule is CC(C)(O)C1CCC(n2c(Nc3ccc(F)cc3F)nc3cnc(N[C@H]4CC[C@H](N)CC4)nc32)CC1. The Morgan fingerprint density at radius 1 is 1.03 bits per heavy atom. The van der Waals surface area contributed by atoms with Crippen LogP contribution in [0.3, 0.4) is 0 Å². The van der Waals surface area contributed by atoms with Crippen LogP contribution in [0.25, 0.3) is 11.2 Å². The van der Waals surface area contributed by atoms with Crippen molar-refractivity contribution in [2.75, 3.05) is 10.6 Å². The maximum atomic E-state index is 14.5. The van der Waals surface area contributed by atoms with Crippen molar-refractivity contribution in [3.05, 3.63) is 36.0 Å². The van der Waals surface area contributed by atoms with Gasteiger partial charge in [0.25, 0.3) is 0 Å². The van der Waals surface area contributed by atoms with E-state index in [9.17, 15) is 13.9 Å². The number of nitrogens with zero attached hydrogens (tertiary/aromatic N) is 4. The van der Waals surface area contributed by atoms with E-state index in [4.69, 9.17) is 10.7 Å².